The second-order valence-corrected chi connectivity index (χ2v) is 4.07. The van der Waals surface area contributed by atoms with Gasteiger partial charge in [-0.3, -0.25) is 0 Å². The molecule has 0 saturated carbocycles. The highest BCUT2D eigenvalue weighted by molar-refractivity contribution is 5.62. The molecule has 0 spiro atoms. The van der Waals surface area contributed by atoms with Gasteiger partial charge >= 0.3 is 0 Å². The van der Waals surface area contributed by atoms with E-state index >= 15 is 0 Å². The molecule has 0 unspecified atom stereocenters. The van der Waals surface area contributed by atoms with Crippen LogP contribution in [0, 0.1) is 0 Å². The molecule has 7 heteroatoms. The van der Waals surface area contributed by atoms with Crippen LogP contribution in [0.1, 0.15) is 5.82 Å². The van der Waals surface area contributed by atoms with Crippen molar-refractivity contribution in [2.24, 2.45) is 0 Å². The molecule has 0 aliphatic carbocycles. The predicted octanol–water partition coefficient (Wildman–Crippen LogP) is 0.284. The van der Waals surface area contributed by atoms with Crippen LogP contribution in [0.4, 0.5) is 11.6 Å². The van der Waals surface area contributed by atoms with Crippen molar-refractivity contribution in [1.82, 2.24) is 19.5 Å². The Labute approximate surface area is 104 Å². The second kappa shape index (κ2) is 4.17. The van der Waals surface area contributed by atoms with Gasteiger partial charge in [-0.15, -0.1) is 0 Å². The fraction of sp³-hybridized carbons (Fsp3) is 0.364. The Kier molecular flexibility index (Phi) is 2.51. The zero-order chi connectivity index (χ0) is 12.5. The van der Waals surface area contributed by atoms with E-state index in [1.165, 1.54) is 6.33 Å². The lowest BCUT2D eigenvalue weighted by atomic mass is 10.3. The number of ether oxygens (including phenoxy) is 1. The fourth-order valence-corrected chi connectivity index (χ4v) is 2.15. The first-order valence-electron chi connectivity index (χ1n) is 5.69. The molecule has 0 bridgehead atoms. The molecule has 0 amide bonds. The molecule has 2 aromatic rings. The van der Waals surface area contributed by atoms with Crippen molar-refractivity contribution >= 4 is 11.6 Å². The van der Waals surface area contributed by atoms with Crippen molar-refractivity contribution < 1.29 is 4.74 Å². The normalized spacial score (nSPS) is 14.4. The predicted molar refractivity (Wildman–Crippen MR) is 66.3 cm³/mol. The summed E-state index contributed by atoms with van der Waals surface area (Å²) < 4.78 is 7.41. The SMILES string of the molecule is COc1c(N)ncnc1N1CCn2ccnc2C1. The van der Waals surface area contributed by atoms with Gasteiger partial charge in [0.1, 0.15) is 12.2 Å². The Morgan fingerprint density at radius 1 is 1.28 bits per heavy atom. The van der Waals surface area contributed by atoms with Gasteiger partial charge in [0.25, 0.3) is 0 Å². The van der Waals surface area contributed by atoms with Gasteiger partial charge in [-0.1, -0.05) is 0 Å². The number of methoxy groups -OCH3 is 1. The van der Waals surface area contributed by atoms with E-state index in [1.807, 2.05) is 12.4 Å². The number of nitrogens with two attached hydrogens (primary N) is 1. The maximum Gasteiger partial charge on any atom is 0.204 e. The van der Waals surface area contributed by atoms with Crippen molar-refractivity contribution in [2.45, 2.75) is 13.1 Å². The minimum atomic E-state index is 0.358. The van der Waals surface area contributed by atoms with E-state index in [0.29, 0.717) is 18.1 Å². The molecule has 18 heavy (non-hydrogen) atoms. The van der Waals surface area contributed by atoms with Gasteiger partial charge in [0.2, 0.25) is 5.75 Å². The van der Waals surface area contributed by atoms with Crippen LogP contribution in [0.15, 0.2) is 18.7 Å². The minimum Gasteiger partial charge on any atom is -0.490 e. The standard InChI is InChI=1S/C11H14N6O/c1-18-9-10(12)14-7-15-11(9)17-5-4-16-3-2-13-8(16)6-17/h2-3,7H,4-6H2,1H3,(H2,12,14,15). The van der Waals surface area contributed by atoms with Gasteiger partial charge in [-0.2, -0.15) is 0 Å². The van der Waals surface area contributed by atoms with Gasteiger partial charge in [-0.05, 0) is 0 Å². The van der Waals surface area contributed by atoms with E-state index < -0.39 is 0 Å². The van der Waals surface area contributed by atoms with Crippen molar-refractivity contribution in [3.8, 4) is 5.75 Å². The molecule has 7 nitrogen and oxygen atoms in total. The van der Waals surface area contributed by atoms with Gasteiger partial charge < -0.3 is 19.9 Å². The van der Waals surface area contributed by atoms with Crippen LogP contribution in [0.3, 0.4) is 0 Å². The van der Waals surface area contributed by atoms with Gasteiger partial charge in [0.05, 0.1) is 13.7 Å². The number of nitrogens with zero attached hydrogens (tertiary/aromatic N) is 5. The minimum absolute atomic E-state index is 0.358. The topological polar surface area (TPSA) is 82.1 Å². The van der Waals surface area contributed by atoms with Crippen LogP contribution < -0.4 is 15.4 Å². The zero-order valence-electron chi connectivity index (χ0n) is 10.1. The largest absolute Gasteiger partial charge is 0.490 e. The van der Waals surface area contributed by atoms with Crippen LogP contribution in [0.2, 0.25) is 0 Å². The molecule has 3 rings (SSSR count). The van der Waals surface area contributed by atoms with Crippen molar-refractivity contribution in [2.75, 3.05) is 24.3 Å². The fourth-order valence-electron chi connectivity index (χ4n) is 2.15. The number of imidazole rings is 1. The van der Waals surface area contributed by atoms with Crippen LogP contribution in [0.25, 0.3) is 0 Å². The summed E-state index contributed by atoms with van der Waals surface area (Å²) in [7, 11) is 1.57. The molecule has 0 atom stereocenters. The van der Waals surface area contributed by atoms with E-state index in [1.54, 1.807) is 7.11 Å². The summed E-state index contributed by atoms with van der Waals surface area (Å²) in [5.41, 5.74) is 5.79. The number of rotatable bonds is 2. The van der Waals surface area contributed by atoms with Crippen molar-refractivity contribution in [1.29, 1.82) is 0 Å². The van der Waals surface area contributed by atoms with E-state index in [0.717, 1.165) is 24.7 Å². The Morgan fingerprint density at radius 3 is 3.00 bits per heavy atom. The number of anilines is 2. The Bertz CT molecular complexity index is 566. The van der Waals surface area contributed by atoms with Crippen LogP contribution >= 0.6 is 0 Å². The maximum absolute atomic E-state index is 5.79. The Balaban J connectivity index is 1.95. The highest BCUT2D eigenvalue weighted by Crippen LogP contribution is 2.31. The lowest BCUT2D eigenvalue weighted by molar-refractivity contribution is 0.410. The van der Waals surface area contributed by atoms with Crippen molar-refractivity contribution in [3.63, 3.8) is 0 Å². The van der Waals surface area contributed by atoms with Crippen LogP contribution in [-0.4, -0.2) is 33.2 Å². The molecule has 2 N–H and O–H groups in total. The number of nitrogen functional groups attached to an aromatic ring is 1. The smallest absolute Gasteiger partial charge is 0.204 e. The zero-order valence-corrected chi connectivity index (χ0v) is 10.1. The molecule has 3 heterocycles. The molecule has 1 aliphatic rings. The number of aromatic nitrogens is 4. The first kappa shape index (κ1) is 10.8. The van der Waals surface area contributed by atoms with E-state index in [2.05, 4.69) is 24.4 Å². The quantitative estimate of drug-likeness (QED) is 0.819. The Hall–Kier alpha value is -2.31. The summed E-state index contributed by atoms with van der Waals surface area (Å²) in [5, 5.41) is 0. The first-order valence-corrected chi connectivity index (χ1v) is 5.69. The average molecular weight is 246 g/mol. The third kappa shape index (κ3) is 1.64. The lowest BCUT2D eigenvalue weighted by Gasteiger charge is -2.29. The summed E-state index contributed by atoms with van der Waals surface area (Å²) in [6.07, 6.45) is 5.25. The summed E-state index contributed by atoms with van der Waals surface area (Å²) in [5.74, 6) is 2.62. The van der Waals surface area contributed by atoms with Crippen LogP contribution in [-0.2, 0) is 13.1 Å². The lowest BCUT2D eigenvalue weighted by Crippen LogP contribution is -2.34. The van der Waals surface area contributed by atoms with E-state index in [-0.39, 0.29) is 0 Å². The highest BCUT2D eigenvalue weighted by atomic mass is 16.5. The first-order chi connectivity index (χ1) is 8.79. The molecule has 1 aliphatic heterocycles. The molecule has 0 aromatic carbocycles. The summed E-state index contributed by atoms with van der Waals surface area (Å²) in [6.45, 7) is 2.42. The summed E-state index contributed by atoms with van der Waals surface area (Å²) in [4.78, 5) is 14.6. The number of fused-ring (bicyclic) bond motifs is 1. The molecular weight excluding hydrogens is 232 g/mol. The number of hydrogen-bond donors (Lipinski definition) is 1. The van der Waals surface area contributed by atoms with E-state index in [9.17, 15) is 0 Å². The monoisotopic (exact) mass is 246 g/mol. The maximum atomic E-state index is 5.79. The van der Waals surface area contributed by atoms with Crippen molar-refractivity contribution in [3.05, 3.63) is 24.5 Å². The van der Waals surface area contributed by atoms with Crippen LogP contribution in [0.5, 0.6) is 5.75 Å². The molecule has 0 fully saturated rings. The molecule has 2 aromatic heterocycles. The van der Waals surface area contributed by atoms with Gasteiger partial charge in [0.15, 0.2) is 11.6 Å². The molecular formula is C11H14N6O. The van der Waals surface area contributed by atoms with Gasteiger partial charge in [-0.25, -0.2) is 15.0 Å². The van der Waals surface area contributed by atoms with E-state index in [4.69, 9.17) is 10.5 Å². The third-order valence-electron chi connectivity index (χ3n) is 3.06. The summed E-state index contributed by atoms with van der Waals surface area (Å²) >= 11 is 0. The highest BCUT2D eigenvalue weighted by Gasteiger charge is 2.22. The Morgan fingerprint density at radius 2 is 2.17 bits per heavy atom. The molecule has 0 saturated heterocycles. The summed E-state index contributed by atoms with van der Waals surface area (Å²) in [6, 6.07) is 0. The number of hydrogen-bond acceptors (Lipinski definition) is 6. The van der Waals surface area contributed by atoms with Gasteiger partial charge in [0, 0.05) is 25.5 Å². The molecule has 0 radical (unpaired) electrons. The third-order valence-corrected chi connectivity index (χ3v) is 3.06. The second-order valence-electron chi connectivity index (χ2n) is 4.07. The molecule has 94 valence electrons. The average Bonchev–Trinajstić information content (AvgIpc) is 2.85.